The maximum absolute atomic E-state index is 12.9. The molecule has 0 amide bonds. The van der Waals surface area contributed by atoms with Crippen LogP contribution in [0, 0.1) is 11.6 Å². The van der Waals surface area contributed by atoms with Gasteiger partial charge in [0.1, 0.15) is 12.1 Å². The number of phenolic OH excluding ortho intramolecular Hbond substituents is 1. The number of phenols is 1. The summed E-state index contributed by atoms with van der Waals surface area (Å²) < 4.78 is 25.7. The molecule has 0 spiro atoms. The largest absolute Gasteiger partial charge is 0.505 e. The molecule has 0 aliphatic carbocycles. The molecule has 1 aromatic rings. The Bertz CT molecular complexity index is 373. The highest BCUT2D eigenvalue weighted by atomic mass is 19.1. The predicted molar refractivity (Wildman–Crippen MR) is 47.1 cm³/mol. The number of aldehydes is 1. The normalized spacial score (nSPS) is 11.4. The van der Waals surface area contributed by atoms with E-state index in [-0.39, 0.29) is 5.56 Å². The van der Waals surface area contributed by atoms with Crippen LogP contribution in [0.1, 0.15) is 19.4 Å². The van der Waals surface area contributed by atoms with Crippen molar-refractivity contribution in [1.29, 1.82) is 0 Å². The zero-order chi connectivity index (χ0) is 10.9. The van der Waals surface area contributed by atoms with Crippen molar-refractivity contribution in [1.82, 2.24) is 0 Å². The first-order valence-corrected chi connectivity index (χ1v) is 4.03. The molecule has 1 aromatic carbocycles. The number of aromatic hydroxyl groups is 1. The van der Waals surface area contributed by atoms with Crippen molar-refractivity contribution >= 4 is 6.29 Å². The van der Waals surface area contributed by atoms with E-state index in [1.165, 1.54) is 13.8 Å². The highest BCUT2D eigenvalue weighted by Crippen LogP contribution is 2.32. The zero-order valence-electron chi connectivity index (χ0n) is 7.84. The average molecular weight is 200 g/mol. The molecule has 0 atom stereocenters. The summed E-state index contributed by atoms with van der Waals surface area (Å²) >= 11 is 0. The SMILES string of the molecule is CC(C)(C=O)c1cc(F)cc(F)c1O. The minimum Gasteiger partial charge on any atom is -0.505 e. The number of halogens is 2. The van der Waals surface area contributed by atoms with Gasteiger partial charge in [0.15, 0.2) is 11.6 Å². The molecule has 0 saturated carbocycles. The molecule has 0 heterocycles. The molecule has 1 N–H and O–H groups in total. The monoisotopic (exact) mass is 200 g/mol. The lowest BCUT2D eigenvalue weighted by atomic mass is 9.85. The second kappa shape index (κ2) is 3.36. The lowest BCUT2D eigenvalue weighted by Gasteiger charge is -2.18. The summed E-state index contributed by atoms with van der Waals surface area (Å²) in [5.41, 5.74) is -1.16. The van der Waals surface area contributed by atoms with Crippen LogP contribution >= 0.6 is 0 Å². The summed E-state index contributed by atoms with van der Waals surface area (Å²) in [4.78, 5) is 10.6. The van der Waals surface area contributed by atoms with Crippen molar-refractivity contribution in [2.75, 3.05) is 0 Å². The summed E-state index contributed by atoms with van der Waals surface area (Å²) in [6.07, 6.45) is 0.529. The first-order chi connectivity index (χ1) is 6.38. The number of carbonyl (C=O) groups excluding carboxylic acids is 1. The Morgan fingerprint density at radius 1 is 1.36 bits per heavy atom. The topological polar surface area (TPSA) is 37.3 Å². The highest BCUT2D eigenvalue weighted by molar-refractivity contribution is 5.69. The van der Waals surface area contributed by atoms with Crippen molar-refractivity contribution in [3.05, 3.63) is 29.3 Å². The molecule has 4 heteroatoms. The van der Waals surface area contributed by atoms with Crippen LogP contribution in [0.2, 0.25) is 0 Å². The molecule has 0 bridgehead atoms. The van der Waals surface area contributed by atoms with Gasteiger partial charge in [-0.2, -0.15) is 0 Å². The molecule has 0 fully saturated rings. The zero-order valence-corrected chi connectivity index (χ0v) is 7.84. The second-order valence-corrected chi connectivity index (χ2v) is 3.62. The molecule has 0 aliphatic rings. The highest BCUT2D eigenvalue weighted by Gasteiger charge is 2.25. The van der Waals surface area contributed by atoms with Crippen molar-refractivity contribution in [2.45, 2.75) is 19.3 Å². The van der Waals surface area contributed by atoms with Crippen LogP contribution in [0.25, 0.3) is 0 Å². The van der Waals surface area contributed by atoms with Crippen LogP contribution in [0.5, 0.6) is 5.75 Å². The van der Waals surface area contributed by atoms with Gasteiger partial charge in [0.25, 0.3) is 0 Å². The average Bonchev–Trinajstić information content (AvgIpc) is 2.11. The van der Waals surface area contributed by atoms with Crippen LogP contribution in [0.3, 0.4) is 0 Å². The Balaban J connectivity index is 3.41. The van der Waals surface area contributed by atoms with Crippen LogP contribution in [0.15, 0.2) is 12.1 Å². The predicted octanol–water partition coefficient (Wildman–Crippen LogP) is 2.15. The van der Waals surface area contributed by atoms with E-state index in [0.29, 0.717) is 12.4 Å². The molecule has 1 rings (SSSR count). The van der Waals surface area contributed by atoms with E-state index in [4.69, 9.17) is 0 Å². The first-order valence-electron chi connectivity index (χ1n) is 4.03. The molecular weight excluding hydrogens is 190 g/mol. The van der Waals surface area contributed by atoms with Gasteiger partial charge in [-0.25, -0.2) is 8.78 Å². The van der Waals surface area contributed by atoms with Crippen LogP contribution in [0.4, 0.5) is 8.78 Å². The number of rotatable bonds is 2. The van der Waals surface area contributed by atoms with Gasteiger partial charge in [0.2, 0.25) is 0 Å². The molecule has 14 heavy (non-hydrogen) atoms. The molecule has 76 valence electrons. The first kappa shape index (κ1) is 10.6. The number of benzene rings is 1. The van der Waals surface area contributed by atoms with Gasteiger partial charge in [-0.3, -0.25) is 0 Å². The molecule has 0 aromatic heterocycles. The molecule has 0 radical (unpaired) electrons. The maximum atomic E-state index is 12.9. The molecule has 0 aliphatic heterocycles. The number of hydrogen-bond acceptors (Lipinski definition) is 2. The van der Waals surface area contributed by atoms with Crippen molar-refractivity contribution < 1.29 is 18.7 Å². The van der Waals surface area contributed by atoms with Crippen LogP contribution in [-0.2, 0) is 10.2 Å². The summed E-state index contributed by atoms with van der Waals surface area (Å²) in [5, 5.41) is 9.29. The smallest absolute Gasteiger partial charge is 0.168 e. The lowest BCUT2D eigenvalue weighted by molar-refractivity contribution is -0.111. The Hall–Kier alpha value is -1.45. The molecule has 2 nitrogen and oxygen atoms in total. The van der Waals surface area contributed by atoms with Gasteiger partial charge < -0.3 is 9.90 Å². The van der Waals surface area contributed by atoms with Crippen LogP contribution < -0.4 is 0 Å². The van der Waals surface area contributed by atoms with Gasteiger partial charge in [-0.05, 0) is 19.9 Å². The van der Waals surface area contributed by atoms with Crippen LogP contribution in [-0.4, -0.2) is 11.4 Å². The Kier molecular flexibility index (Phi) is 2.55. The maximum Gasteiger partial charge on any atom is 0.168 e. The number of carbonyl (C=O) groups is 1. The van der Waals surface area contributed by atoms with E-state index >= 15 is 0 Å². The fourth-order valence-electron chi connectivity index (χ4n) is 1.12. The van der Waals surface area contributed by atoms with Gasteiger partial charge >= 0.3 is 0 Å². The van der Waals surface area contributed by atoms with E-state index in [9.17, 15) is 18.7 Å². The van der Waals surface area contributed by atoms with E-state index in [2.05, 4.69) is 0 Å². The van der Waals surface area contributed by atoms with Crippen molar-refractivity contribution in [3.63, 3.8) is 0 Å². The minimum atomic E-state index is -1.10. The fraction of sp³-hybridized carbons (Fsp3) is 0.300. The van der Waals surface area contributed by atoms with Gasteiger partial charge in [0.05, 0.1) is 0 Å². The lowest BCUT2D eigenvalue weighted by Crippen LogP contribution is -2.19. The second-order valence-electron chi connectivity index (χ2n) is 3.62. The third-order valence-corrected chi connectivity index (χ3v) is 2.02. The third kappa shape index (κ3) is 1.73. The third-order valence-electron chi connectivity index (χ3n) is 2.02. The molecule has 0 saturated heterocycles. The van der Waals surface area contributed by atoms with Crippen molar-refractivity contribution in [3.8, 4) is 5.75 Å². The molecule has 0 unspecified atom stereocenters. The summed E-state index contributed by atoms with van der Waals surface area (Å²) in [7, 11) is 0. The van der Waals surface area contributed by atoms with Gasteiger partial charge in [-0.1, -0.05) is 0 Å². The van der Waals surface area contributed by atoms with E-state index < -0.39 is 22.8 Å². The van der Waals surface area contributed by atoms with Crippen molar-refractivity contribution in [2.24, 2.45) is 0 Å². The van der Waals surface area contributed by atoms with E-state index in [1.807, 2.05) is 0 Å². The van der Waals surface area contributed by atoms with E-state index in [1.54, 1.807) is 0 Å². The van der Waals surface area contributed by atoms with Gasteiger partial charge in [0, 0.05) is 17.0 Å². The van der Waals surface area contributed by atoms with Gasteiger partial charge in [-0.15, -0.1) is 0 Å². The minimum absolute atomic E-state index is 0.0509. The summed E-state index contributed by atoms with van der Waals surface area (Å²) in [6.45, 7) is 2.93. The Morgan fingerprint density at radius 2 is 1.93 bits per heavy atom. The van der Waals surface area contributed by atoms with E-state index in [0.717, 1.165) is 6.07 Å². The number of hydrogen-bond donors (Lipinski definition) is 1. The Labute approximate surface area is 80.2 Å². The summed E-state index contributed by atoms with van der Waals surface area (Å²) in [5.74, 6) is -2.55. The standard InChI is InChI=1S/C10H10F2O2/c1-10(2,5-13)7-3-6(11)4-8(12)9(7)14/h3-5,14H,1-2H3. The summed E-state index contributed by atoms with van der Waals surface area (Å²) in [6, 6.07) is 1.52. The molecular formula is C10H10F2O2. The Morgan fingerprint density at radius 3 is 2.43 bits per heavy atom. The fourth-order valence-corrected chi connectivity index (χ4v) is 1.12. The quantitative estimate of drug-likeness (QED) is 0.742.